The number of hydrogen-bond acceptors (Lipinski definition) is 4. The van der Waals surface area contributed by atoms with E-state index in [1.54, 1.807) is 0 Å². The minimum Gasteiger partial charge on any atom is -0.491 e. The minimum atomic E-state index is 0.113. The molecule has 0 radical (unpaired) electrons. The van der Waals surface area contributed by atoms with Crippen molar-refractivity contribution in [1.29, 1.82) is 0 Å². The number of aromatic nitrogens is 2. The Bertz CT molecular complexity index is 563. The standard InChI is InChI=1S/C15H23N3O2/c1-11(2)20-12-4-5-14-13(10-12)17-15(6-7-16-3)18(14)8-9-19/h4-5,10-11,16,19H,6-9H2,1-3H3. The Kier molecular flexibility index (Phi) is 4.98. The van der Waals surface area contributed by atoms with Gasteiger partial charge in [0, 0.05) is 25.6 Å². The van der Waals surface area contributed by atoms with Gasteiger partial charge < -0.3 is 19.7 Å². The van der Waals surface area contributed by atoms with Crippen LogP contribution in [0.5, 0.6) is 5.75 Å². The largest absolute Gasteiger partial charge is 0.491 e. The van der Waals surface area contributed by atoms with Crippen LogP contribution in [-0.2, 0) is 13.0 Å². The number of nitrogens with zero attached hydrogens (tertiary/aromatic N) is 2. The maximum Gasteiger partial charge on any atom is 0.121 e. The molecule has 0 unspecified atom stereocenters. The first-order valence-corrected chi connectivity index (χ1v) is 7.07. The van der Waals surface area contributed by atoms with Crippen LogP contribution in [0.3, 0.4) is 0 Å². The van der Waals surface area contributed by atoms with Crippen molar-refractivity contribution in [3.8, 4) is 5.75 Å². The molecule has 2 rings (SSSR count). The number of imidazole rings is 1. The molecule has 5 heteroatoms. The Morgan fingerprint density at radius 3 is 2.85 bits per heavy atom. The molecule has 0 amide bonds. The predicted octanol–water partition coefficient (Wildman–Crippen LogP) is 1.58. The Labute approximate surface area is 119 Å². The van der Waals surface area contributed by atoms with Crippen LogP contribution in [0.15, 0.2) is 18.2 Å². The number of ether oxygens (including phenoxy) is 1. The minimum absolute atomic E-state index is 0.113. The maximum atomic E-state index is 9.23. The summed E-state index contributed by atoms with van der Waals surface area (Å²) in [7, 11) is 1.92. The van der Waals surface area contributed by atoms with Gasteiger partial charge in [0.05, 0.1) is 23.7 Å². The van der Waals surface area contributed by atoms with Crippen LogP contribution in [0, 0.1) is 0 Å². The molecule has 0 aliphatic rings. The van der Waals surface area contributed by atoms with Gasteiger partial charge in [0.25, 0.3) is 0 Å². The Balaban J connectivity index is 2.38. The summed E-state index contributed by atoms with van der Waals surface area (Å²) in [6, 6.07) is 5.93. The molecule has 110 valence electrons. The maximum absolute atomic E-state index is 9.23. The highest BCUT2D eigenvalue weighted by Gasteiger charge is 2.11. The lowest BCUT2D eigenvalue weighted by atomic mass is 10.3. The van der Waals surface area contributed by atoms with E-state index in [1.807, 2.05) is 39.1 Å². The summed E-state index contributed by atoms with van der Waals surface area (Å²) in [6.07, 6.45) is 0.988. The van der Waals surface area contributed by atoms with E-state index in [4.69, 9.17) is 4.74 Å². The van der Waals surface area contributed by atoms with E-state index in [2.05, 4.69) is 14.9 Å². The smallest absolute Gasteiger partial charge is 0.121 e. The molecule has 0 saturated carbocycles. The van der Waals surface area contributed by atoms with Crippen LogP contribution in [0.2, 0.25) is 0 Å². The molecule has 1 heterocycles. The number of likely N-dealkylation sites (N-methyl/N-ethyl adjacent to an activating group) is 1. The first-order chi connectivity index (χ1) is 9.65. The number of fused-ring (bicyclic) bond motifs is 1. The van der Waals surface area contributed by atoms with E-state index in [1.165, 1.54) is 0 Å². The van der Waals surface area contributed by atoms with Crippen LogP contribution in [0.25, 0.3) is 11.0 Å². The van der Waals surface area contributed by atoms with Crippen LogP contribution in [0.1, 0.15) is 19.7 Å². The third-order valence-electron chi connectivity index (χ3n) is 3.09. The molecule has 0 aliphatic carbocycles. The van der Waals surface area contributed by atoms with E-state index in [9.17, 15) is 5.11 Å². The van der Waals surface area contributed by atoms with Gasteiger partial charge in [-0.2, -0.15) is 0 Å². The summed E-state index contributed by atoms with van der Waals surface area (Å²) in [5.41, 5.74) is 1.96. The van der Waals surface area contributed by atoms with Gasteiger partial charge >= 0.3 is 0 Å². The van der Waals surface area contributed by atoms with Crippen molar-refractivity contribution in [1.82, 2.24) is 14.9 Å². The van der Waals surface area contributed by atoms with Gasteiger partial charge in [-0.25, -0.2) is 4.98 Å². The number of aliphatic hydroxyl groups is 1. The van der Waals surface area contributed by atoms with Gasteiger partial charge in [0.15, 0.2) is 0 Å². The van der Waals surface area contributed by atoms with E-state index >= 15 is 0 Å². The number of aliphatic hydroxyl groups excluding tert-OH is 1. The zero-order chi connectivity index (χ0) is 14.5. The van der Waals surface area contributed by atoms with Crippen molar-refractivity contribution in [3.05, 3.63) is 24.0 Å². The molecule has 2 N–H and O–H groups in total. The van der Waals surface area contributed by atoms with Crippen LogP contribution >= 0.6 is 0 Å². The lowest BCUT2D eigenvalue weighted by Crippen LogP contribution is -2.15. The Hall–Kier alpha value is -1.59. The number of benzene rings is 1. The third-order valence-corrected chi connectivity index (χ3v) is 3.09. The normalized spacial score (nSPS) is 11.4. The van der Waals surface area contributed by atoms with Gasteiger partial charge in [-0.3, -0.25) is 0 Å². The van der Waals surface area contributed by atoms with Crippen LogP contribution in [-0.4, -0.2) is 41.0 Å². The molecule has 0 saturated heterocycles. The zero-order valence-electron chi connectivity index (χ0n) is 12.4. The molecular formula is C15H23N3O2. The quantitative estimate of drug-likeness (QED) is 0.806. The second-order valence-electron chi connectivity index (χ2n) is 5.07. The number of rotatable bonds is 7. The topological polar surface area (TPSA) is 59.3 Å². The highest BCUT2D eigenvalue weighted by Crippen LogP contribution is 2.23. The average Bonchev–Trinajstić information content (AvgIpc) is 2.73. The number of hydrogen-bond donors (Lipinski definition) is 2. The molecule has 1 aromatic carbocycles. The molecule has 1 aromatic heterocycles. The second-order valence-corrected chi connectivity index (χ2v) is 5.07. The number of nitrogens with one attached hydrogen (secondary N) is 1. The molecular weight excluding hydrogens is 254 g/mol. The van der Waals surface area contributed by atoms with Crippen LogP contribution in [0.4, 0.5) is 0 Å². The predicted molar refractivity (Wildman–Crippen MR) is 80.2 cm³/mol. The highest BCUT2D eigenvalue weighted by atomic mass is 16.5. The van der Waals surface area contributed by atoms with Crippen LogP contribution < -0.4 is 10.1 Å². The van der Waals surface area contributed by atoms with E-state index in [0.29, 0.717) is 6.54 Å². The monoisotopic (exact) mass is 277 g/mol. The second kappa shape index (κ2) is 6.72. The molecule has 0 atom stereocenters. The summed E-state index contributed by atoms with van der Waals surface area (Å²) >= 11 is 0. The van der Waals surface area contributed by atoms with Gasteiger partial charge in [-0.1, -0.05) is 0 Å². The van der Waals surface area contributed by atoms with Gasteiger partial charge in [0.2, 0.25) is 0 Å². The summed E-state index contributed by atoms with van der Waals surface area (Å²) < 4.78 is 7.78. The summed E-state index contributed by atoms with van der Waals surface area (Å²) in [4.78, 5) is 4.67. The van der Waals surface area contributed by atoms with Crippen molar-refractivity contribution in [2.75, 3.05) is 20.2 Å². The Morgan fingerprint density at radius 1 is 1.40 bits per heavy atom. The average molecular weight is 277 g/mol. The zero-order valence-corrected chi connectivity index (χ0v) is 12.4. The molecule has 5 nitrogen and oxygen atoms in total. The highest BCUT2D eigenvalue weighted by molar-refractivity contribution is 5.77. The molecule has 0 bridgehead atoms. The first-order valence-electron chi connectivity index (χ1n) is 7.07. The summed E-state index contributed by atoms with van der Waals surface area (Å²) in [6.45, 7) is 5.56. The third kappa shape index (κ3) is 3.29. The molecule has 20 heavy (non-hydrogen) atoms. The van der Waals surface area contributed by atoms with Gasteiger partial charge in [0.1, 0.15) is 11.6 Å². The molecule has 2 aromatic rings. The molecule has 0 fully saturated rings. The van der Waals surface area contributed by atoms with Crippen molar-refractivity contribution >= 4 is 11.0 Å². The molecule has 0 spiro atoms. The summed E-state index contributed by atoms with van der Waals surface area (Å²) in [5.74, 6) is 1.83. The fourth-order valence-corrected chi connectivity index (χ4v) is 2.28. The van der Waals surface area contributed by atoms with Crippen molar-refractivity contribution in [3.63, 3.8) is 0 Å². The van der Waals surface area contributed by atoms with Crippen molar-refractivity contribution < 1.29 is 9.84 Å². The van der Waals surface area contributed by atoms with Crippen molar-refractivity contribution in [2.24, 2.45) is 0 Å². The summed E-state index contributed by atoms with van der Waals surface area (Å²) in [5, 5.41) is 12.4. The lowest BCUT2D eigenvalue weighted by molar-refractivity contribution is 0.242. The lowest BCUT2D eigenvalue weighted by Gasteiger charge is -2.10. The van der Waals surface area contributed by atoms with Crippen molar-refractivity contribution in [2.45, 2.75) is 32.9 Å². The molecule has 0 aliphatic heterocycles. The van der Waals surface area contributed by atoms with Gasteiger partial charge in [-0.05, 0) is 33.0 Å². The Morgan fingerprint density at radius 2 is 2.20 bits per heavy atom. The fourth-order valence-electron chi connectivity index (χ4n) is 2.28. The van der Waals surface area contributed by atoms with E-state index in [-0.39, 0.29) is 12.7 Å². The van der Waals surface area contributed by atoms with E-state index in [0.717, 1.165) is 35.6 Å². The SMILES string of the molecule is CNCCc1nc2cc(OC(C)C)ccc2n1CCO. The van der Waals surface area contributed by atoms with Gasteiger partial charge in [-0.15, -0.1) is 0 Å². The first kappa shape index (κ1) is 14.8. The fraction of sp³-hybridized carbons (Fsp3) is 0.533. The van der Waals surface area contributed by atoms with E-state index < -0.39 is 0 Å².